The van der Waals surface area contributed by atoms with Crippen LogP contribution in [0.3, 0.4) is 0 Å². The van der Waals surface area contributed by atoms with Crippen LogP contribution in [0.15, 0.2) is 48.8 Å². The van der Waals surface area contributed by atoms with Crippen LogP contribution in [0.2, 0.25) is 0 Å². The molecule has 10 heteroatoms. The van der Waals surface area contributed by atoms with E-state index < -0.39 is 0 Å². The summed E-state index contributed by atoms with van der Waals surface area (Å²) in [6.45, 7) is 10.3. The van der Waals surface area contributed by atoms with Crippen LogP contribution >= 0.6 is 11.3 Å². The molecule has 0 spiro atoms. The van der Waals surface area contributed by atoms with Gasteiger partial charge in [0.25, 0.3) is 5.91 Å². The van der Waals surface area contributed by atoms with Crippen molar-refractivity contribution < 1.29 is 9.59 Å². The Morgan fingerprint density at radius 1 is 1.05 bits per heavy atom. The Morgan fingerprint density at radius 2 is 1.82 bits per heavy atom. The first kappa shape index (κ1) is 26.3. The molecule has 3 aromatic heterocycles. The molecule has 206 valence electrons. The maximum Gasteiger partial charge on any atom is 0.253 e. The van der Waals surface area contributed by atoms with Crippen molar-refractivity contribution in [2.45, 2.75) is 33.6 Å². The van der Waals surface area contributed by atoms with Gasteiger partial charge in [-0.05, 0) is 55.2 Å². The van der Waals surface area contributed by atoms with Gasteiger partial charge >= 0.3 is 0 Å². The average molecular weight is 556 g/mol. The van der Waals surface area contributed by atoms with Crippen LogP contribution in [-0.4, -0.2) is 74.1 Å². The molecule has 0 unspecified atom stereocenters. The molecule has 40 heavy (non-hydrogen) atoms. The van der Waals surface area contributed by atoms with Crippen molar-refractivity contribution in [1.29, 1.82) is 0 Å². The molecule has 1 saturated heterocycles. The third-order valence-corrected chi connectivity index (χ3v) is 8.39. The van der Waals surface area contributed by atoms with E-state index in [0.717, 1.165) is 84.3 Å². The number of anilines is 1. The van der Waals surface area contributed by atoms with Crippen LogP contribution in [0, 0.1) is 5.92 Å². The number of piperazine rings is 1. The fourth-order valence-corrected chi connectivity index (χ4v) is 6.69. The summed E-state index contributed by atoms with van der Waals surface area (Å²) in [6, 6.07) is 11.7. The molecule has 0 bridgehead atoms. The molecule has 6 rings (SSSR count). The first-order valence-corrected chi connectivity index (χ1v) is 14.6. The van der Waals surface area contributed by atoms with Crippen molar-refractivity contribution >= 4 is 28.3 Å². The summed E-state index contributed by atoms with van der Waals surface area (Å²) in [6.07, 6.45) is 5.15. The number of hydrogen-bond donors (Lipinski definition) is 1. The van der Waals surface area contributed by atoms with Gasteiger partial charge in [0.15, 0.2) is 5.13 Å². The Morgan fingerprint density at radius 3 is 2.50 bits per heavy atom. The van der Waals surface area contributed by atoms with Crippen molar-refractivity contribution in [2.24, 2.45) is 5.92 Å². The molecule has 0 saturated carbocycles. The quantitative estimate of drug-likeness (QED) is 0.376. The molecule has 2 aliphatic rings. The number of thiazole rings is 1. The first-order valence-electron chi connectivity index (χ1n) is 13.8. The Hall–Kier alpha value is -3.89. The largest absolute Gasteiger partial charge is 0.336 e. The number of benzene rings is 1. The lowest BCUT2D eigenvalue weighted by Crippen LogP contribution is -2.49. The van der Waals surface area contributed by atoms with E-state index >= 15 is 0 Å². The van der Waals surface area contributed by atoms with Gasteiger partial charge < -0.3 is 10.2 Å². The topological polar surface area (TPSA) is 96.2 Å². The molecular formula is C30H33N7O2S. The van der Waals surface area contributed by atoms with Gasteiger partial charge in [0.1, 0.15) is 0 Å². The third kappa shape index (κ3) is 5.16. The van der Waals surface area contributed by atoms with E-state index in [1.54, 1.807) is 6.20 Å². The normalized spacial score (nSPS) is 15.2. The van der Waals surface area contributed by atoms with Gasteiger partial charge in [-0.15, -0.1) is 0 Å². The molecule has 0 radical (unpaired) electrons. The predicted octanol–water partition coefficient (Wildman–Crippen LogP) is 4.53. The molecule has 4 heterocycles. The Balaban J connectivity index is 1.32. The Bertz CT molecular complexity index is 1530. The zero-order valence-corrected chi connectivity index (χ0v) is 23.9. The van der Waals surface area contributed by atoms with E-state index in [1.807, 2.05) is 52.2 Å². The van der Waals surface area contributed by atoms with Crippen LogP contribution < -0.4 is 5.32 Å². The van der Waals surface area contributed by atoms with Crippen LogP contribution in [0.25, 0.3) is 27.5 Å². The van der Waals surface area contributed by atoms with Gasteiger partial charge in [0, 0.05) is 68.7 Å². The number of aryl methyl sites for hydroxylation is 1. The number of hydrogen-bond acceptors (Lipinski definition) is 7. The summed E-state index contributed by atoms with van der Waals surface area (Å²) < 4.78 is 1.95. The van der Waals surface area contributed by atoms with Crippen LogP contribution in [0.1, 0.15) is 42.4 Å². The Labute approximate surface area is 237 Å². The SMILES string of the molecule is CC(=O)Nc1nc2c(s1)-c1c(c(-c3cccnc3)nn1-c1ccc(C(=O)N3CCN(CC(C)C)CC3)cc1)CC2. The van der Waals surface area contributed by atoms with Gasteiger partial charge in [-0.1, -0.05) is 25.2 Å². The van der Waals surface area contributed by atoms with Crippen LogP contribution in [0.4, 0.5) is 5.13 Å². The highest BCUT2D eigenvalue weighted by Gasteiger charge is 2.30. The van der Waals surface area contributed by atoms with Crippen molar-refractivity contribution in [3.63, 3.8) is 0 Å². The number of amides is 2. The zero-order valence-electron chi connectivity index (χ0n) is 23.1. The average Bonchev–Trinajstić information content (AvgIpc) is 3.54. The molecule has 4 aromatic rings. The third-order valence-electron chi connectivity index (χ3n) is 7.37. The molecule has 0 atom stereocenters. The number of rotatable bonds is 6. The molecule has 2 amide bonds. The fourth-order valence-electron chi connectivity index (χ4n) is 5.57. The molecule has 1 aliphatic carbocycles. The summed E-state index contributed by atoms with van der Waals surface area (Å²) in [5, 5.41) is 8.50. The van der Waals surface area contributed by atoms with Crippen LogP contribution in [-0.2, 0) is 17.6 Å². The van der Waals surface area contributed by atoms with E-state index in [1.165, 1.54) is 18.3 Å². The van der Waals surface area contributed by atoms with E-state index in [4.69, 9.17) is 10.1 Å². The number of fused-ring (bicyclic) bond motifs is 3. The molecule has 1 N–H and O–H groups in total. The van der Waals surface area contributed by atoms with E-state index in [-0.39, 0.29) is 11.8 Å². The minimum atomic E-state index is -0.141. The lowest BCUT2D eigenvalue weighted by Gasteiger charge is -2.35. The van der Waals surface area contributed by atoms with Crippen molar-refractivity contribution in [3.8, 4) is 27.5 Å². The number of nitrogens with zero attached hydrogens (tertiary/aromatic N) is 6. The van der Waals surface area contributed by atoms with Gasteiger partial charge in [0.05, 0.1) is 27.6 Å². The highest BCUT2D eigenvalue weighted by atomic mass is 32.1. The number of carbonyl (C=O) groups is 2. The Kier molecular flexibility index (Phi) is 7.20. The second-order valence-electron chi connectivity index (χ2n) is 10.8. The standard InChI is InChI=1S/C30H33N7O2S/c1-19(2)18-35-13-15-36(16-14-35)29(39)21-6-8-23(9-7-21)37-27-24(26(34-37)22-5-4-12-31-17-22)10-11-25-28(27)40-30(33-25)32-20(3)38/h4-9,12,17,19H,10-11,13-16,18H2,1-3H3,(H,32,33,38). The highest BCUT2D eigenvalue weighted by molar-refractivity contribution is 7.19. The molecular weight excluding hydrogens is 522 g/mol. The minimum absolute atomic E-state index is 0.0685. The highest BCUT2D eigenvalue weighted by Crippen LogP contribution is 2.44. The van der Waals surface area contributed by atoms with Gasteiger partial charge in [-0.2, -0.15) is 5.10 Å². The number of nitrogens with one attached hydrogen (secondary N) is 1. The smallest absolute Gasteiger partial charge is 0.253 e. The van der Waals surface area contributed by atoms with E-state index in [2.05, 4.69) is 29.0 Å². The van der Waals surface area contributed by atoms with Gasteiger partial charge in [-0.3, -0.25) is 19.5 Å². The lowest BCUT2D eigenvalue weighted by molar-refractivity contribution is -0.114. The van der Waals surface area contributed by atoms with Crippen LogP contribution in [0.5, 0.6) is 0 Å². The summed E-state index contributed by atoms with van der Waals surface area (Å²) in [7, 11) is 0. The number of aromatic nitrogens is 4. The van der Waals surface area contributed by atoms with E-state index in [9.17, 15) is 9.59 Å². The second-order valence-corrected chi connectivity index (χ2v) is 11.8. The van der Waals surface area contributed by atoms with Crippen molar-refractivity contribution in [1.82, 2.24) is 29.5 Å². The molecule has 9 nitrogen and oxygen atoms in total. The van der Waals surface area contributed by atoms with Crippen molar-refractivity contribution in [2.75, 3.05) is 38.0 Å². The van der Waals surface area contributed by atoms with Gasteiger partial charge in [0.2, 0.25) is 5.91 Å². The first-order chi connectivity index (χ1) is 19.4. The minimum Gasteiger partial charge on any atom is -0.336 e. The molecule has 1 aromatic carbocycles. The summed E-state index contributed by atoms with van der Waals surface area (Å²) in [4.78, 5) is 39.4. The summed E-state index contributed by atoms with van der Waals surface area (Å²) >= 11 is 1.47. The monoisotopic (exact) mass is 555 g/mol. The maximum absolute atomic E-state index is 13.3. The van der Waals surface area contributed by atoms with Crippen molar-refractivity contribution in [3.05, 3.63) is 65.6 Å². The summed E-state index contributed by atoms with van der Waals surface area (Å²) in [5.74, 6) is 0.552. The molecule has 1 aliphatic heterocycles. The predicted molar refractivity (Wildman–Crippen MR) is 157 cm³/mol. The van der Waals surface area contributed by atoms with E-state index in [0.29, 0.717) is 16.6 Å². The summed E-state index contributed by atoms with van der Waals surface area (Å²) in [5.41, 5.74) is 6.47. The fraction of sp³-hybridized carbons (Fsp3) is 0.367. The zero-order chi connectivity index (χ0) is 27.8. The van der Waals surface area contributed by atoms with Gasteiger partial charge in [-0.25, -0.2) is 9.67 Å². The number of carbonyl (C=O) groups excluding carboxylic acids is 2. The lowest BCUT2D eigenvalue weighted by atomic mass is 9.95. The second kappa shape index (κ2) is 10.9. The number of pyridine rings is 1. The maximum atomic E-state index is 13.3. The molecule has 1 fully saturated rings.